The molecule has 0 saturated heterocycles. The summed E-state index contributed by atoms with van der Waals surface area (Å²) in [7, 11) is 1.72. The number of fused-ring (bicyclic) bond motifs is 2. The van der Waals surface area contributed by atoms with E-state index < -0.39 is 0 Å². The second kappa shape index (κ2) is 5.21. The van der Waals surface area contributed by atoms with Gasteiger partial charge in [0.15, 0.2) is 11.5 Å². The topological polar surface area (TPSA) is 39.7 Å². The maximum atomic E-state index is 5.57. The Morgan fingerprint density at radius 3 is 2.73 bits per heavy atom. The molecular weight excluding hydrogens is 278 g/mol. The number of aryl methyl sites for hydroxylation is 1. The van der Waals surface area contributed by atoms with E-state index in [0.29, 0.717) is 6.79 Å². The summed E-state index contributed by atoms with van der Waals surface area (Å²) in [6.07, 6.45) is 0.997. The van der Waals surface area contributed by atoms with Crippen molar-refractivity contribution in [2.75, 3.05) is 20.4 Å². The Balaban J connectivity index is 1.84. The molecule has 2 aliphatic rings. The quantitative estimate of drug-likeness (QED) is 0.925. The fourth-order valence-electron chi connectivity index (χ4n) is 3.30. The molecule has 0 fully saturated rings. The minimum Gasteiger partial charge on any atom is -0.496 e. The van der Waals surface area contributed by atoms with Gasteiger partial charge in [-0.05, 0) is 42.7 Å². The van der Waals surface area contributed by atoms with Gasteiger partial charge in [0.05, 0.1) is 13.2 Å². The first-order valence-electron chi connectivity index (χ1n) is 7.56. The molecule has 4 rings (SSSR count). The molecule has 2 heterocycles. The van der Waals surface area contributed by atoms with Crippen molar-refractivity contribution in [1.29, 1.82) is 0 Å². The number of rotatable bonds is 2. The van der Waals surface area contributed by atoms with Gasteiger partial charge in [0.1, 0.15) is 5.75 Å². The van der Waals surface area contributed by atoms with Crippen LogP contribution in [0.5, 0.6) is 17.2 Å². The van der Waals surface area contributed by atoms with E-state index in [9.17, 15) is 0 Å². The van der Waals surface area contributed by atoms with Gasteiger partial charge in [0.2, 0.25) is 6.79 Å². The van der Waals surface area contributed by atoms with Crippen LogP contribution >= 0.6 is 0 Å². The Morgan fingerprint density at radius 1 is 1.09 bits per heavy atom. The van der Waals surface area contributed by atoms with E-state index in [1.54, 1.807) is 7.11 Å². The van der Waals surface area contributed by atoms with Crippen LogP contribution in [-0.4, -0.2) is 20.4 Å². The van der Waals surface area contributed by atoms with Gasteiger partial charge in [-0.15, -0.1) is 0 Å². The van der Waals surface area contributed by atoms with Crippen LogP contribution in [0, 0.1) is 6.92 Å². The van der Waals surface area contributed by atoms with Crippen LogP contribution in [-0.2, 0) is 6.42 Å². The monoisotopic (exact) mass is 297 g/mol. The second-order valence-electron chi connectivity index (χ2n) is 5.79. The molecule has 1 unspecified atom stereocenters. The molecule has 0 bridgehead atoms. The third-order valence-corrected chi connectivity index (χ3v) is 4.38. The minimum absolute atomic E-state index is 0.119. The molecule has 0 amide bonds. The van der Waals surface area contributed by atoms with Crippen LogP contribution in [0.25, 0.3) is 0 Å². The van der Waals surface area contributed by atoms with Gasteiger partial charge in [0.25, 0.3) is 0 Å². The smallest absolute Gasteiger partial charge is 0.231 e. The van der Waals surface area contributed by atoms with Crippen LogP contribution in [0.15, 0.2) is 30.3 Å². The average molecular weight is 297 g/mol. The van der Waals surface area contributed by atoms with E-state index in [2.05, 4.69) is 36.5 Å². The molecule has 0 aliphatic carbocycles. The highest BCUT2D eigenvalue weighted by Crippen LogP contribution is 2.41. The molecule has 114 valence electrons. The number of hydrogen-bond donors (Lipinski definition) is 1. The van der Waals surface area contributed by atoms with Crippen molar-refractivity contribution in [3.63, 3.8) is 0 Å². The van der Waals surface area contributed by atoms with Crippen LogP contribution < -0.4 is 19.5 Å². The van der Waals surface area contributed by atoms with Crippen molar-refractivity contribution in [2.45, 2.75) is 19.4 Å². The van der Waals surface area contributed by atoms with Crippen molar-refractivity contribution in [3.8, 4) is 17.2 Å². The van der Waals surface area contributed by atoms with Gasteiger partial charge in [0, 0.05) is 12.1 Å². The molecule has 2 aliphatic heterocycles. The van der Waals surface area contributed by atoms with E-state index in [4.69, 9.17) is 14.2 Å². The number of methoxy groups -OCH3 is 1. The molecule has 22 heavy (non-hydrogen) atoms. The van der Waals surface area contributed by atoms with Crippen LogP contribution in [0.2, 0.25) is 0 Å². The van der Waals surface area contributed by atoms with Crippen LogP contribution in [0.3, 0.4) is 0 Å². The molecule has 0 spiro atoms. The zero-order chi connectivity index (χ0) is 15.1. The summed E-state index contributed by atoms with van der Waals surface area (Å²) in [5, 5.41) is 3.61. The average Bonchev–Trinajstić information content (AvgIpc) is 2.99. The predicted molar refractivity (Wildman–Crippen MR) is 83.8 cm³/mol. The van der Waals surface area contributed by atoms with Gasteiger partial charge in [-0.3, -0.25) is 0 Å². The fourth-order valence-corrected chi connectivity index (χ4v) is 3.30. The van der Waals surface area contributed by atoms with Gasteiger partial charge in [-0.25, -0.2) is 0 Å². The summed E-state index contributed by atoms with van der Waals surface area (Å²) in [5.74, 6) is 2.60. The number of nitrogens with one attached hydrogen (secondary N) is 1. The van der Waals surface area contributed by atoms with Crippen molar-refractivity contribution >= 4 is 0 Å². The zero-order valence-corrected chi connectivity index (χ0v) is 12.8. The zero-order valence-electron chi connectivity index (χ0n) is 12.8. The summed E-state index contributed by atoms with van der Waals surface area (Å²) in [4.78, 5) is 0. The third kappa shape index (κ3) is 2.11. The standard InChI is InChI=1S/C18H19NO3/c1-11-3-4-15(20-2)14(7-11)18-13-9-17-16(21-10-22-17)8-12(13)5-6-19-18/h3-4,7-9,18-19H,5-6,10H2,1-2H3. The number of ether oxygens (including phenoxy) is 3. The summed E-state index contributed by atoms with van der Waals surface area (Å²) in [5.41, 5.74) is 4.96. The largest absolute Gasteiger partial charge is 0.496 e. The highest BCUT2D eigenvalue weighted by Gasteiger charge is 2.27. The first kappa shape index (κ1) is 13.5. The number of hydrogen-bond acceptors (Lipinski definition) is 4. The van der Waals surface area contributed by atoms with Crippen molar-refractivity contribution in [2.24, 2.45) is 0 Å². The van der Waals surface area contributed by atoms with Crippen molar-refractivity contribution in [3.05, 3.63) is 52.6 Å². The molecule has 4 nitrogen and oxygen atoms in total. The maximum Gasteiger partial charge on any atom is 0.231 e. The van der Waals surface area contributed by atoms with Crippen LogP contribution in [0.1, 0.15) is 28.3 Å². The maximum absolute atomic E-state index is 5.57. The molecule has 0 aromatic heterocycles. The molecule has 0 saturated carbocycles. The molecular formula is C18H19NO3. The van der Waals surface area contributed by atoms with Gasteiger partial charge < -0.3 is 19.5 Å². The SMILES string of the molecule is COc1ccc(C)cc1C1NCCc2cc3c(cc21)OCO3. The lowest BCUT2D eigenvalue weighted by Crippen LogP contribution is -2.30. The molecule has 0 radical (unpaired) electrons. The molecule has 4 heteroatoms. The van der Waals surface area contributed by atoms with Crippen molar-refractivity contribution < 1.29 is 14.2 Å². The summed E-state index contributed by atoms with van der Waals surface area (Å²) >= 11 is 0. The first-order valence-corrected chi connectivity index (χ1v) is 7.56. The summed E-state index contributed by atoms with van der Waals surface area (Å²) in [6, 6.07) is 10.6. The van der Waals surface area contributed by atoms with Crippen LogP contribution in [0.4, 0.5) is 0 Å². The lowest BCUT2D eigenvalue weighted by molar-refractivity contribution is 0.174. The fraction of sp³-hybridized carbons (Fsp3) is 0.333. The molecule has 1 atom stereocenters. The normalized spacial score (nSPS) is 18.9. The first-order chi connectivity index (χ1) is 10.8. The predicted octanol–water partition coefficient (Wildman–Crippen LogP) is 2.97. The van der Waals surface area contributed by atoms with Gasteiger partial charge >= 0.3 is 0 Å². The highest BCUT2D eigenvalue weighted by molar-refractivity contribution is 5.54. The lowest BCUT2D eigenvalue weighted by Gasteiger charge is -2.29. The third-order valence-electron chi connectivity index (χ3n) is 4.38. The highest BCUT2D eigenvalue weighted by atomic mass is 16.7. The van der Waals surface area contributed by atoms with E-state index in [1.165, 1.54) is 22.3 Å². The summed E-state index contributed by atoms with van der Waals surface area (Å²) in [6.45, 7) is 3.35. The van der Waals surface area contributed by atoms with E-state index in [1.807, 2.05) is 6.07 Å². The number of benzene rings is 2. The summed E-state index contributed by atoms with van der Waals surface area (Å²) < 4.78 is 16.6. The molecule has 2 aromatic rings. The Hall–Kier alpha value is -2.20. The van der Waals surface area contributed by atoms with E-state index >= 15 is 0 Å². The Labute approximate surface area is 130 Å². The van der Waals surface area contributed by atoms with Gasteiger partial charge in [-0.2, -0.15) is 0 Å². The Kier molecular flexibility index (Phi) is 3.19. The van der Waals surface area contributed by atoms with E-state index in [0.717, 1.165) is 30.2 Å². The van der Waals surface area contributed by atoms with Gasteiger partial charge in [-0.1, -0.05) is 17.7 Å². The minimum atomic E-state index is 0.119. The Morgan fingerprint density at radius 2 is 1.91 bits per heavy atom. The molecule has 1 N–H and O–H groups in total. The lowest BCUT2D eigenvalue weighted by atomic mass is 9.88. The Bertz CT molecular complexity index is 727. The second-order valence-corrected chi connectivity index (χ2v) is 5.79. The van der Waals surface area contributed by atoms with Crippen molar-refractivity contribution in [1.82, 2.24) is 5.32 Å². The molecule has 2 aromatic carbocycles. The van der Waals surface area contributed by atoms with E-state index in [-0.39, 0.29) is 6.04 Å².